The fourth-order valence-electron chi connectivity index (χ4n) is 2.02. The first kappa shape index (κ1) is 15.7. The van der Waals surface area contributed by atoms with E-state index in [0.29, 0.717) is 6.61 Å². The van der Waals surface area contributed by atoms with Crippen LogP contribution in [0.5, 0.6) is 17.2 Å². The minimum atomic E-state index is 0.544. The molecular formula is C16H21NO3S. The van der Waals surface area contributed by atoms with E-state index in [-0.39, 0.29) is 0 Å². The minimum absolute atomic E-state index is 0.544. The number of methoxy groups -OCH3 is 2. The Bertz CT molecular complexity index is 573. The van der Waals surface area contributed by atoms with E-state index in [1.165, 1.54) is 15.3 Å². The summed E-state index contributed by atoms with van der Waals surface area (Å²) in [6.07, 6.45) is 0. The van der Waals surface area contributed by atoms with Crippen LogP contribution in [0.1, 0.15) is 15.3 Å². The number of aryl methyl sites for hydroxylation is 1. The smallest absolute Gasteiger partial charge is 0.127 e. The Morgan fingerprint density at radius 1 is 1.00 bits per heavy atom. The summed E-state index contributed by atoms with van der Waals surface area (Å²) in [6, 6.07) is 7.74. The number of benzene rings is 1. The lowest BCUT2D eigenvalue weighted by Crippen LogP contribution is -2.02. The zero-order chi connectivity index (χ0) is 15.2. The maximum Gasteiger partial charge on any atom is 0.127 e. The second kappa shape index (κ2) is 7.33. The van der Waals surface area contributed by atoms with Crippen molar-refractivity contribution in [2.45, 2.75) is 20.1 Å². The van der Waals surface area contributed by atoms with Gasteiger partial charge in [0.25, 0.3) is 0 Å². The largest absolute Gasteiger partial charge is 0.496 e. The quantitative estimate of drug-likeness (QED) is 0.851. The zero-order valence-corrected chi connectivity index (χ0v) is 13.7. The summed E-state index contributed by atoms with van der Waals surface area (Å²) in [5.74, 6) is 2.19. The number of hydrogen-bond donors (Lipinski definition) is 1. The third-order valence-corrected chi connectivity index (χ3v) is 4.23. The number of nitrogens with one attached hydrogen (secondary N) is 1. The summed E-state index contributed by atoms with van der Waals surface area (Å²) in [7, 11) is 5.21. The van der Waals surface area contributed by atoms with Gasteiger partial charge in [-0.2, -0.15) is 0 Å². The molecule has 4 nitrogen and oxygen atoms in total. The first-order chi connectivity index (χ1) is 10.2. The fourth-order valence-corrected chi connectivity index (χ4v) is 3.08. The average Bonchev–Trinajstić information content (AvgIpc) is 2.85. The van der Waals surface area contributed by atoms with Crippen molar-refractivity contribution in [3.05, 3.63) is 39.6 Å². The van der Waals surface area contributed by atoms with E-state index < -0.39 is 0 Å². The minimum Gasteiger partial charge on any atom is -0.496 e. The normalized spacial score (nSPS) is 10.5. The summed E-state index contributed by atoms with van der Waals surface area (Å²) < 4.78 is 16.4. The molecule has 0 fully saturated rings. The molecule has 0 saturated carbocycles. The SMILES string of the molecule is CNCc1cc(COc2cc(OC)cc(OC)c2)c(C)s1. The van der Waals surface area contributed by atoms with Crippen LogP contribution in [0.15, 0.2) is 24.3 Å². The van der Waals surface area contributed by atoms with Crippen LogP contribution in [0, 0.1) is 6.92 Å². The number of ether oxygens (including phenoxy) is 3. The number of rotatable bonds is 7. The van der Waals surface area contributed by atoms with Gasteiger partial charge >= 0.3 is 0 Å². The molecule has 0 atom stereocenters. The van der Waals surface area contributed by atoms with Crippen LogP contribution < -0.4 is 19.5 Å². The second-order valence-corrected chi connectivity index (χ2v) is 6.00. The molecule has 0 unspecified atom stereocenters. The lowest BCUT2D eigenvalue weighted by atomic mass is 10.2. The van der Waals surface area contributed by atoms with Crippen LogP contribution in [-0.2, 0) is 13.2 Å². The van der Waals surface area contributed by atoms with E-state index in [1.807, 2.05) is 25.2 Å². The first-order valence-electron chi connectivity index (χ1n) is 6.75. The van der Waals surface area contributed by atoms with E-state index in [2.05, 4.69) is 18.3 Å². The third kappa shape index (κ3) is 4.12. The molecule has 1 aromatic carbocycles. The summed E-state index contributed by atoms with van der Waals surface area (Å²) in [6.45, 7) is 3.55. The van der Waals surface area contributed by atoms with E-state index >= 15 is 0 Å². The van der Waals surface area contributed by atoms with Gasteiger partial charge in [0.05, 0.1) is 14.2 Å². The molecule has 0 bridgehead atoms. The molecule has 1 heterocycles. The molecule has 0 aliphatic heterocycles. The Balaban J connectivity index is 2.08. The van der Waals surface area contributed by atoms with E-state index in [4.69, 9.17) is 14.2 Å². The van der Waals surface area contributed by atoms with Gasteiger partial charge in [-0.05, 0) is 20.0 Å². The van der Waals surface area contributed by atoms with Gasteiger partial charge in [-0.1, -0.05) is 0 Å². The predicted octanol–water partition coefficient (Wildman–Crippen LogP) is 3.37. The first-order valence-corrected chi connectivity index (χ1v) is 7.56. The van der Waals surface area contributed by atoms with Gasteiger partial charge in [0.1, 0.15) is 23.9 Å². The molecule has 21 heavy (non-hydrogen) atoms. The maximum atomic E-state index is 5.88. The van der Waals surface area contributed by atoms with E-state index in [9.17, 15) is 0 Å². The predicted molar refractivity (Wildman–Crippen MR) is 85.7 cm³/mol. The Hall–Kier alpha value is -1.72. The van der Waals surface area contributed by atoms with Crippen molar-refractivity contribution in [1.29, 1.82) is 0 Å². The summed E-state index contributed by atoms with van der Waals surface area (Å²) >= 11 is 1.80. The Kier molecular flexibility index (Phi) is 5.47. The molecule has 0 radical (unpaired) electrons. The maximum absolute atomic E-state index is 5.88. The summed E-state index contributed by atoms with van der Waals surface area (Å²) in [5, 5.41) is 3.17. The topological polar surface area (TPSA) is 39.7 Å². The van der Waals surface area contributed by atoms with Crippen LogP contribution in [-0.4, -0.2) is 21.3 Å². The molecule has 2 rings (SSSR count). The molecule has 0 saturated heterocycles. The molecule has 1 aromatic heterocycles. The molecule has 5 heteroatoms. The lowest BCUT2D eigenvalue weighted by molar-refractivity contribution is 0.300. The Morgan fingerprint density at radius 3 is 2.19 bits per heavy atom. The highest BCUT2D eigenvalue weighted by molar-refractivity contribution is 7.12. The molecule has 0 amide bonds. The second-order valence-electron chi connectivity index (χ2n) is 4.66. The molecule has 0 aliphatic carbocycles. The highest BCUT2D eigenvalue weighted by Gasteiger charge is 2.07. The van der Waals surface area contributed by atoms with E-state index in [0.717, 1.165) is 23.8 Å². The van der Waals surface area contributed by atoms with Crippen LogP contribution in [0.3, 0.4) is 0 Å². The Morgan fingerprint density at radius 2 is 1.62 bits per heavy atom. The van der Waals surface area contributed by atoms with Crippen molar-refractivity contribution in [1.82, 2.24) is 5.32 Å². The summed E-state index contributed by atoms with van der Waals surface area (Å²) in [5.41, 5.74) is 1.21. The van der Waals surface area contributed by atoms with Crippen molar-refractivity contribution < 1.29 is 14.2 Å². The van der Waals surface area contributed by atoms with Gasteiger partial charge in [-0.3, -0.25) is 0 Å². The average molecular weight is 307 g/mol. The fraction of sp³-hybridized carbons (Fsp3) is 0.375. The van der Waals surface area contributed by atoms with Crippen molar-refractivity contribution in [3.8, 4) is 17.2 Å². The van der Waals surface area contributed by atoms with Gasteiger partial charge in [-0.25, -0.2) is 0 Å². The van der Waals surface area contributed by atoms with Crippen molar-refractivity contribution in [3.63, 3.8) is 0 Å². The number of hydrogen-bond acceptors (Lipinski definition) is 5. The monoisotopic (exact) mass is 307 g/mol. The zero-order valence-electron chi connectivity index (χ0n) is 12.9. The van der Waals surface area contributed by atoms with Crippen LogP contribution in [0.2, 0.25) is 0 Å². The van der Waals surface area contributed by atoms with Crippen LogP contribution >= 0.6 is 11.3 Å². The van der Waals surface area contributed by atoms with Crippen LogP contribution in [0.25, 0.3) is 0 Å². The van der Waals surface area contributed by atoms with Gasteiger partial charge < -0.3 is 19.5 Å². The summed E-state index contributed by atoms with van der Waals surface area (Å²) in [4.78, 5) is 2.60. The van der Waals surface area contributed by atoms with Crippen molar-refractivity contribution in [2.24, 2.45) is 0 Å². The Labute approximate surface area is 129 Å². The molecule has 2 aromatic rings. The van der Waals surface area contributed by atoms with Gasteiger partial charge in [0, 0.05) is 40.1 Å². The van der Waals surface area contributed by atoms with Gasteiger partial charge in [0.15, 0.2) is 0 Å². The highest BCUT2D eigenvalue weighted by Crippen LogP contribution is 2.29. The third-order valence-electron chi connectivity index (χ3n) is 3.14. The molecule has 114 valence electrons. The molecule has 0 spiro atoms. The number of thiophene rings is 1. The molecule has 1 N–H and O–H groups in total. The van der Waals surface area contributed by atoms with E-state index in [1.54, 1.807) is 25.6 Å². The molecular weight excluding hydrogens is 286 g/mol. The highest BCUT2D eigenvalue weighted by atomic mass is 32.1. The van der Waals surface area contributed by atoms with Crippen molar-refractivity contribution >= 4 is 11.3 Å². The van der Waals surface area contributed by atoms with Gasteiger partial charge in [-0.15, -0.1) is 11.3 Å². The standard InChI is InChI=1S/C16H21NO3S/c1-11-12(5-16(21-11)9-17-2)10-20-15-7-13(18-3)6-14(8-15)19-4/h5-8,17H,9-10H2,1-4H3. The van der Waals surface area contributed by atoms with Gasteiger partial charge in [0.2, 0.25) is 0 Å². The molecule has 0 aliphatic rings. The van der Waals surface area contributed by atoms with Crippen molar-refractivity contribution in [2.75, 3.05) is 21.3 Å². The lowest BCUT2D eigenvalue weighted by Gasteiger charge is -2.10. The van der Waals surface area contributed by atoms with Crippen LogP contribution in [0.4, 0.5) is 0 Å².